The predicted octanol–water partition coefficient (Wildman–Crippen LogP) is 7.96. The fraction of sp³-hybridized carbons (Fsp3) is 0.929. The number of aliphatic carboxylic acids is 1. The van der Waals surface area contributed by atoms with E-state index < -0.39 is 83.5 Å². The predicted molar refractivity (Wildman–Crippen MR) is 73.0 cm³/mol. The monoisotopic (exact) mass is 696 g/mol. The zero-order valence-electron chi connectivity index (χ0n) is 17.8. The van der Waals surface area contributed by atoms with Crippen molar-refractivity contribution in [2.24, 2.45) is 0 Å². The average molecular weight is 696 g/mol. The van der Waals surface area contributed by atoms with Crippen molar-refractivity contribution in [3.05, 3.63) is 0 Å². The van der Waals surface area contributed by atoms with E-state index in [1.165, 1.54) is 0 Å². The van der Waals surface area contributed by atoms with Gasteiger partial charge < -0.3 is 5.11 Å². The Bertz CT molecular complexity index is 1020. The SMILES string of the molecule is O=C(O)C(F)C(F)(F)C(F)(F)C(F)(F)C(F)(F)C(F)(F)C(F)(F)C(F)(F)C(F)(F)C(F)(F)C(F)(F)C(F)(F)C(F)(F)F. The summed E-state index contributed by atoms with van der Waals surface area (Å²) in [6.07, 6.45) is -14.1. The lowest BCUT2D eigenvalue weighted by Crippen LogP contribution is -2.78. The Morgan fingerprint density at radius 3 is 0.690 bits per heavy atom. The number of carbonyl (C=O) groups is 1. The van der Waals surface area contributed by atoms with E-state index in [1.807, 2.05) is 0 Å². The Kier molecular flexibility index (Phi) is 9.04. The van der Waals surface area contributed by atoms with Crippen LogP contribution in [-0.4, -0.2) is 88.6 Å². The molecule has 42 heavy (non-hydrogen) atoms. The number of hydrogen-bond acceptors (Lipinski definition) is 1. The third-order valence-electron chi connectivity index (χ3n) is 4.86. The second kappa shape index (κ2) is 9.57. The van der Waals surface area contributed by atoms with Crippen molar-refractivity contribution < 1.29 is 124 Å². The maximum Gasteiger partial charge on any atom is 0.460 e. The summed E-state index contributed by atoms with van der Waals surface area (Å²) < 4.78 is 341. The first-order valence-corrected chi connectivity index (χ1v) is 8.70. The first-order valence-electron chi connectivity index (χ1n) is 8.70. The molecule has 252 valence electrons. The number of halogens is 26. The van der Waals surface area contributed by atoms with E-state index >= 15 is 0 Å². The van der Waals surface area contributed by atoms with Gasteiger partial charge in [-0.1, -0.05) is 0 Å². The second-order valence-corrected chi connectivity index (χ2v) is 7.57. The van der Waals surface area contributed by atoms with Gasteiger partial charge in [0.2, 0.25) is 0 Å². The van der Waals surface area contributed by atoms with Gasteiger partial charge in [-0.25, -0.2) is 9.18 Å². The van der Waals surface area contributed by atoms with Gasteiger partial charge in [0, 0.05) is 0 Å². The third kappa shape index (κ3) is 4.45. The van der Waals surface area contributed by atoms with Crippen LogP contribution in [0, 0.1) is 0 Å². The summed E-state index contributed by atoms with van der Waals surface area (Å²) in [5.74, 6) is -106. The van der Waals surface area contributed by atoms with Crippen molar-refractivity contribution in [3.8, 4) is 0 Å². The summed E-state index contributed by atoms with van der Waals surface area (Å²) in [6, 6.07) is 0. The molecule has 0 aliphatic carbocycles. The molecule has 1 N–H and O–H groups in total. The van der Waals surface area contributed by atoms with Crippen LogP contribution >= 0.6 is 0 Å². The lowest BCUT2D eigenvalue weighted by Gasteiger charge is -2.45. The highest BCUT2D eigenvalue weighted by atomic mass is 19.4. The zero-order valence-corrected chi connectivity index (χ0v) is 17.8. The number of hydrogen-bond donors (Lipinski definition) is 1. The quantitative estimate of drug-likeness (QED) is 0.211. The van der Waals surface area contributed by atoms with Crippen molar-refractivity contribution >= 4 is 5.97 Å². The van der Waals surface area contributed by atoms with Crippen LogP contribution in [0.5, 0.6) is 0 Å². The molecule has 0 aromatic carbocycles. The molecule has 0 spiro atoms. The van der Waals surface area contributed by atoms with Crippen molar-refractivity contribution in [2.45, 2.75) is 77.5 Å². The van der Waals surface area contributed by atoms with Gasteiger partial charge in [0.1, 0.15) is 0 Å². The summed E-state index contributed by atoms with van der Waals surface area (Å²) in [4.78, 5) is 9.95. The van der Waals surface area contributed by atoms with E-state index in [0.717, 1.165) is 0 Å². The lowest BCUT2D eigenvalue weighted by atomic mass is 9.84. The van der Waals surface area contributed by atoms with Crippen LogP contribution in [-0.2, 0) is 4.79 Å². The zero-order chi connectivity index (χ0) is 35.2. The number of carboxylic acid groups (broad SMARTS) is 1. The van der Waals surface area contributed by atoms with E-state index in [9.17, 15) is 119 Å². The summed E-state index contributed by atoms with van der Waals surface area (Å²) in [5.41, 5.74) is 0. The second-order valence-electron chi connectivity index (χ2n) is 7.57. The average Bonchev–Trinajstić information content (AvgIpc) is 2.75. The molecule has 1 atom stereocenters. The number of alkyl halides is 26. The van der Waals surface area contributed by atoms with Crippen LogP contribution in [0.3, 0.4) is 0 Å². The van der Waals surface area contributed by atoms with Crippen LogP contribution in [0.4, 0.5) is 114 Å². The smallest absolute Gasteiger partial charge is 0.460 e. The molecule has 0 aromatic rings. The van der Waals surface area contributed by atoms with Crippen molar-refractivity contribution in [1.29, 1.82) is 0 Å². The van der Waals surface area contributed by atoms with Crippen LogP contribution < -0.4 is 0 Å². The number of carboxylic acids is 1. The molecule has 0 rings (SSSR count). The van der Waals surface area contributed by atoms with Crippen molar-refractivity contribution in [2.75, 3.05) is 0 Å². The molecule has 0 aliphatic rings. The van der Waals surface area contributed by atoms with Crippen LogP contribution in [0.2, 0.25) is 0 Å². The molecule has 1 unspecified atom stereocenters. The largest absolute Gasteiger partial charge is 0.479 e. The first-order chi connectivity index (χ1) is 17.6. The van der Waals surface area contributed by atoms with Crippen LogP contribution in [0.15, 0.2) is 0 Å². The van der Waals surface area contributed by atoms with E-state index in [4.69, 9.17) is 5.11 Å². The summed E-state index contributed by atoms with van der Waals surface area (Å²) in [7, 11) is 0. The lowest BCUT2D eigenvalue weighted by molar-refractivity contribution is -0.482. The molecule has 0 aliphatic heterocycles. The van der Waals surface area contributed by atoms with Gasteiger partial charge in [-0.15, -0.1) is 0 Å². The highest BCUT2D eigenvalue weighted by Gasteiger charge is 2.99. The molecule has 0 saturated heterocycles. The third-order valence-corrected chi connectivity index (χ3v) is 4.86. The van der Waals surface area contributed by atoms with Gasteiger partial charge in [-0.05, 0) is 0 Å². The normalized spacial score (nSPS) is 17.4. The minimum atomic E-state index is -9.75. The standard InChI is InChI=1S/C14H2F26O2/c15-1(2(41)42)3(16,17)4(18,19)5(20,21)6(22,23)7(24,25)8(26,27)9(28,29)10(30,31)11(32,33)12(34,35)13(36,37)14(38,39)40/h1H,(H,41,42). The van der Waals surface area contributed by atoms with Gasteiger partial charge in [0.05, 0.1) is 0 Å². The van der Waals surface area contributed by atoms with Gasteiger partial charge in [0.25, 0.3) is 6.17 Å². The molecule has 0 heterocycles. The highest BCUT2D eigenvalue weighted by Crippen LogP contribution is 2.67. The molecular formula is C14H2F26O2. The van der Waals surface area contributed by atoms with Crippen molar-refractivity contribution in [1.82, 2.24) is 0 Å². The molecule has 0 aromatic heterocycles. The van der Waals surface area contributed by atoms with E-state index in [2.05, 4.69) is 0 Å². The molecule has 0 saturated carbocycles. The highest BCUT2D eigenvalue weighted by molar-refractivity contribution is 5.73. The molecule has 0 fully saturated rings. The Balaban J connectivity index is 7.40. The fourth-order valence-electron chi connectivity index (χ4n) is 2.28. The molecule has 2 nitrogen and oxygen atoms in total. The summed E-state index contributed by atoms with van der Waals surface area (Å²) in [6.45, 7) is 0. The minimum Gasteiger partial charge on any atom is -0.479 e. The number of rotatable bonds is 12. The van der Waals surface area contributed by atoms with Crippen LogP contribution in [0.25, 0.3) is 0 Å². The minimum absolute atomic E-state index is 4.04. The maximum atomic E-state index is 13.5. The first kappa shape index (κ1) is 39.6. The molecular weight excluding hydrogens is 694 g/mol. The molecule has 0 bridgehead atoms. The summed E-state index contributed by atoms with van der Waals surface area (Å²) >= 11 is 0. The Morgan fingerprint density at radius 2 is 0.524 bits per heavy atom. The molecule has 0 amide bonds. The van der Waals surface area contributed by atoms with E-state index in [0.29, 0.717) is 0 Å². The topological polar surface area (TPSA) is 37.3 Å². The molecule has 0 radical (unpaired) electrons. The Hall–Kier alpha value is -2.35. The Labute approximate surface area is 209 Å². The van der Waals surface area contributed by atoms with Crippen LogP contribution in [0.1, 0.15) is 0 Å². The fourth-order valence-corrected chi connectivity index (χ4v) is 2.28. The van der Waals surface area contributed by atoms with Gasteiger partial charge in [-0.3, -0.25) is 0 Å². The Morgan fingerprint density at radius 1 is 0.357 bits per heavy atom. The van der Waals surface area contributed by atoms with E-state index in [-0.39, 0.29) is 0 Å². The van der Waals surface area contributed by atoms with Crippen molar-refractivity contribution in [3.63, 3.8) is 0 Å². The summed E-state index contributed by atoms with van der Waals surface area (Å²) in [5, 5.41) is 7.76. The van der Waals surface area contributed by atoms with Gasteiger partial charge in [0.15, 0.2) is 0 Å². The molecule has 28 heteroatoms. The van der Waals surface area contributed by atoms with Gasteiger partial charge in [-0.2, -0.15) is 110 Å². The van der Waals surface area contributed by atoms with E-state index in [1.54, 1.807) is 0 Å². The maximum absolute atomic E-state index is 13.5. The van der Waals surface area contributed by atoms with Gasteiger partial charge >= 0.3 is 77.3 Å².